The van der Waals surface area contributed by atoms with Gasteiger partial charge in [-0.1, -0.05) is 115 Å². The van der Waals surface area contributed by atoms with Crippen LogP contribution in [0.2, 0.25) is 0 Å². The molecule has 1 aliphatic heterocycles. The number of hydrogen-bond donors (Lipinski definition) is 0. The van der Waals surface area contributed by atoms with Crippen molar-refractivity contribution in [1.82, 2.24) is 4.57 Å². The van der Waals surface area contributed by atoms with Crippen LogP contribution < -0.4 is 9.64 Å². The van der Waals surface area contributed by atoms with Crippen molar-refractivity contribution in [3.05, 3.63) is 170 Å². The van der Waals surface area contributed by atoms with Crippen LogP contribution in [0.3, 0.4) is 0 Å². The third kappa shape index (κ3) is 3.81. The largest absolute Gasteiger partial charge is 0.454 e. The first-order valence-corrected chi connectivity index (χ1v) is 16.9. The lowest BCUT2D eigenvalue weighted by atomic mass is 9.98. The second-order valence-corrected chi connectivity index (χ2v) is 12.9. The van der Waals surface area contributed by atoms with Crippen LogP contribution in [0.25, 0.3) is 71.3 Å². The van der Waals surface area contributed by atoms with Gasteiger partial charge in [-0.3, -0.25) is 0 Å². The van der Waals surface area contributed by atoms with Crippen molar-refractivity contribution in [2.24, 2.45) is 0 Å². The van der Waals surface area contributed by atoms with Gasteiger partial charge in [-0.25, -0.2) is 0 Å². The molecule has 2 aromatic heterocycles. The SMILES string of the molecule is c1ccc2c(c1)Oc1cccc3c4cc(-c5ccccc5N(c5cccc6ccccc56)c5cccc6c5oc5ccccc56)ccc4n-2c13. The Bertz CT molecular complexity index is 2980. The first kappa shape index (κ1) is 27.2. The highest BCUT2D eigenvalue weighted by Gasteiger charge is 2.26. The second kappa shape index (κ2) is 10.4. The number of hydrogen-bond acceptors (Lipinski definition) is 3. The van der Waals surface area contributed by atoms with E-state index in [-0.39, 0.29) is 0 Å². The molecule has 0 aliphatic carbocycles. The van der Waals surface area contributed by atoms with Gasteiger partial charge in [0.15, 0.2) is 17.1 Å². The van der Waals surface area contributed by atoms with Crippen molar-refractivity contribution in [3.63, 3.8) is 0 Å². The Morgan fingerprint density at radius 3 is 2.12 bits per heavy atom. The number of furan rings is 1. The summed E-state index contributed by atoms with van der Waals surface area (Å²) in [6.07, 6.45) is 0. The lowest BCUT2D eigenvalue weighted by Crippen LogP contribution is -2.12. The molecular weight excluding hydrogens is 613 g/mol. The molecule has 0 atom stereocenters. The summed E-state index contributed by atoms with van der Waals surface area (Å²) in [5.74, 6) is 1.74. The summed E-state index contributed by atoms with van der Waals surface area (Å²) in [5.41, 5.74) is 10.5. The van der Waals surface area contributed by atoms with Crippen LogP contribution in [0.1, 0.15) is 0 Å². The van der Waals surface area contributed by atoms with E-state index in [0.29, 0.717) is 0 Å². The monoisotopic (exact) mass is 640 g/mol. The van der Waals surface area contributed by atoms with E-state index < -0.39 is 0 Å². The zero-order chi connectivity index (χ0) is 32.8. The van der Waals surface area contributed by atoms with Gasteiger partial charge >= 0.3 is 0 Å². The summed E-state index contributed by atoms with van der Waals surface area (Å²) in [7, 11) is 0. The van der Waals surface area contributed by atoms with Gasteiger partial charge in [0.05, 0.1) is 33.8 Å². The molecule has 8 aromatic carbocycles. The lowest BCUT2D eigenvalue weighted by Gasteiger charge is -2.29. The highest BCUT2D eigenvalue weighted by molar-refractivity contribution is 6.15. The Morgan fingerprint density at radius 2 is 1.14 bits per heavy atom. The van der Waals surface area contributed by atoms with E-state index in [0.717, 1.165) is 78.3 Å². The number of para-hydroxylation sites is 6. The van der Waals surface area contributed by atoms with Crippen molar-refractivity contribution < 1.29 is 9.15 Å². The fourth-order valence-electron chi connectivity index (χ4n) is 8.00. The smallest absolute Gasteiger partial charge is 0.159 e. The summed E-state index contributed by atoms with van der Waals surface area (Å²) in [5, 5.41) is 6.91. The summed E-state index contributed by atoms with van der Waals surface area (Å²) in [4.78, 5) is 2.38. The highest BCUT2D eigenvalue weighted by atomic mass is 16.5. The molecule has 1 aliphatic rings. The number of nitrogens with zero attached hydrogens (tertiary/aromatic N) is 2. The molecule has 3 heterocycles. The Balaban J connectivity index is 1.19. The molecule has 0 amide bonds. The molecular formula is C46H28N2O2. The zero-order valence-corrected chi connectivity index (χ0v) is 26.9. The van der Waals surface area contributed by atoms with E-state index in [1.54, 1.807) is 0 Å². The normalized spacial score (nSPS) is 12.2. The van der Waals surface area contributed by atoms with Gasteiger partial charge < -0.3 is 18.6 Å². The minimum atomic E-state index is 0.861. The maximum absolute atomic E-state index is 6.68. The quantitative estimate of drug-likeness (QED) is 0.192. The molecule has 4 nitrogen and oxygen atoms in total. The minimum Gasteiger partial charge on any atom is -0.454 e. The minimum absolute atomic E-state index is 0.861. The second-order valence-electron chi connectivity index (χ2n) is 12.9. The van der Waals surface area contributed by atoms with Gasteiger partial charge in [0.25, 0.3) is 0 Å². The van der Waals surface area contributed by atoms with Crippen LogP contribution >= 0.6 is 0 Å². The molecule has 0 saturated heterocycles. The molecule has 50 heavy (non-hydrogen) atoms. The topological polar surface area (TPSA) is 30.5 Å². The van der Waals surface area contributed by atoms with Gasteiger partial charge in [-0.15, -0.1) is 0 Å². The predicted molar refractivity (Wildman–Crippen MR) is 206 cm³/mol. The molecule has 10 aromatic rings. The summed E-state index contributed by atoms with van der Waals surface area (Å²) >= 11 is 0. The van der Waals surface area contributed by atoms with Crippen LogP contribution in [0.4, 0.5) is 17.1 Å². The van der Waals surface area contributed by atoms with E-state index in [1.807, 2.05) is 24.3 Å². The van der Waals surface area contributed by atoms with E-state index in [9.17, 15) is 0 Å². The van der Waals surface area contributed by atoms with Crippen molar-refractivity contribution in [1.29, 1.82) is 0 Å². The molecule has 0 saturated carbocycles. The fourth-order valence-corrected chi connectivity index (χ4v) is 8.00. The van der Waals surface area contributed by atoms with E-state index in [1.165, 1.54) is 21.5 Å². The van der Waals surface area contributed by atoms with Crippen LogP contribution in [0.15, 0.2) is 174 Å². The molecule has 0 bridgehead atoms. The maximum Gasteiger partial charge on any atom is 0.159 e. The summed E-state index contributed by atoms with van der Waals surface area (Å²) in [6.45, 7) is 0. The lowest BCUT2D eigenvalue weighted by molar-refractivity contribution is 0.476. The standard InChI is InChI=1S/C46H28N2O2/c1-2-14-31-29(12-1)13-9-21-38(31)47(41-22-10-18-35-33-16-4-7-23-42(33)50-46(35)41)37-19-5-3-15-32(37)30-26-27-39-36(28-30)34-17-11-25-44-45(34)48(39)40-20-6-8-24-43(40)49-44/h1-28H. The zero-order valence-electron chi connectivity index (χ0n) is 26.9. The van der Waals surface area contributed by atoms with Gasteiger partial charge in [-0.05, 0) is 65.5 Å². The summed E-state index contributed by atoms with van der Waals surface area (Å²) < 4.78 is 15.4. The average Bonchev–Trinajstić information content (AvgIpc) is 3.73. The van der Waals surface area contributed by atoms with Gasteiger partial charge in [0.1, 0.15) is 5.58 Å². The van der Waals surface area contributed by atoms with Crippen molar-refractivity contribution in [3.8, 4) is 28.3 Å². The van der Waals surface area contributed by atoms with E-state index >= 15 is 0 Å². The van der Waals surface area contributed by atoms with E-state index in [4.69, 9.17) is 9.15 Å². The fraction of sp³-hybridized carbons (Fsp3) is 0. The first-order chi connectivity index (χ1) is 24.8. The van der Waals surface area contributed by atoms with Crippen LogP contribution in [-0.2, 0) is 0 Å². The number of fused-ring (bicyclic) bond motifs is 9. The van der Waals surface area contributed by atoms with Gasteiger partial charge in [0.2, 0.25) is 0 Å². The Labute approximate surface area is 287 Å². The molecule has 11 rings (SSSR count). The molecule has 4 heteroatoms. The first-order valence-electron chi connectivity index (χ1n) is 16.9. The molecule has 0 N–H and O–H groups in total. The van der Waals surface area contributed by atoms with Crippen LogP contribution in [0, 0.1) is 0 Å². The molecule has 0 fully saturated rings. The van der Waals surface area contributed by atoms with Crippen molar-refractivity contribution >= 4 is 71.6 Å². The third-order valence-corrected chi connectivity index (χ3v) is 10.2. The van der Waals surface area contributed by atoms with E-state index in [2.05, 4.69) is 155 Å². The maximum atomic E-state index is 6.68. The van der Waals surface area contributed by atoms with Crippen molar-refractivity contribution in [2.45, 2.75) is 0 Å². The third-order valence-electron chi connectivity index (χ3n) is 10.2. The molecule has 0 spiro atoms. The van der Waals surface area contributed by atoms with Gasteiger partial charge in [0, 0.05) is 32.5 Å². The number of anilines is 3. The number of ether oxygens (including phenoxy) is 1. The molecule has 0 radical (unpaired) electrons. The Kier molecular flexibility index (Phi) is 5.63. The highest BCUT2D eigenvalue weighted by Crippen LogP contribution is 2.49. The molecule has 0 unspecified atom stereocenters. The number of rotatable bonds is 4. The van der Waals surface area contributed by atoms with Crippen molar-refractivity contribution in [2.75, 3.05) is 4.90 Å². The molecule has 234 valence electrons. The average molecular weight is 641 g/mol. The van der Waals surface area contributed by atoms with Crippen LogP contribution in [0.5, 0.6) is 11.5 Å². The number of benzene rings is 8. The Morgan fingerprint density at radius 1 is 0.460 bits per heavy atom. The van der Waals surface area contributed by atoms with Gasteiger partial charge in [-0.2, -0.15) is 0 Å². The Hall–Kier alpha value is -6.78. The summed E-state index contributed by atoms with van der Waals surface area (Å²) in [6, 6.07) is 60.1. The predicted octanol–water partition coefficient (Wildman–Crippen LogP) is 13.1. The van der Waals surface area contributed by atoms with Crippen LogP contribution in [-0.4, -0.2) is 4.57 Å². The number of aromatic nitrogens is 1.